The van der Waals surface area contributed by atoms with Gasteiger partial charge in [0.05, 0.1) is 16.0 Å². The Morgan fingerprint density at radius 2 is 1.77 bits per heavy atom. The molecular formula is C18H14N4O4. The molecule has 3 aromatic rings. The lowest BCUT2D eigenvalue weighted by Gasteiger charge is -2.10. The van der Waals surface area contributed by atoms with Gasteiger partial charge in [0.2, 0.25) is 0 Å². The Bertz CT molecular complexity index is 1160. The first-order chi connectivity index (χ1) is 12.5. The Balaban J connectivity index is 1.64. The third-order valence-corrected chi connectivity index (χ3v) is 4.28. The number of benzene rings is 2. The fourth-order valence-corrected chi connectivity index (χ4v) is 2.94. The fraction of sp³-hybridized carbons (Fsp3) is 0.111. The van der Waals surface area contributed by atoms with Gasteiger partial charge in [0, 0.05) is 42.6 Å². The van der Waals surface area contributed by atoms with E-state index in [2.05, 4.69) is 9.97 Å². The molecule has 130 valence electrons. The van der Waals surface area contributed by atoms with Gasteiger partial charge in [0.15, 0.2) is 0 Å². The molecule has 0 atom stereocenters. The minimum absolute atomic E-state index is 0.137. The first kappa shape index (κ1) is 15.8. The molecule has 0 amide bonds. The predicted molar refractivity (Wildman–Crippen MR) is 95.6 cm³/mol. The Morgan fingerprint density at radius 3 is 2.50 bits per heavy atom. The molecule has 2 N–H and O–H groups in total. The number of nitrogens with one attached hydrogen (secondary N) is 2. The average Bonchev–Trinajstić information content (AvgIpc) is 3.34. The van der Waals surface area contributed by atoms with Crippen LogP contribution in [-0.4, -0.2) is 19.8 Å². The first-order valence-corrected chi connectivity index (χ1v) is 7.96. The molecule has 8 nitrogen and oxygen atoms in total. The second kappa shape index (κ2) is 5.99. The van der Waals surface area contributed by atoms with E-state index in [0.29, 0.717) is 17.6 Å². The van der Waals surface area contributed by atoms with Crippen LogP contribution in [0.2, 0.25) is 0 Å². The van der Waals surface area contributed by atoms with Crippen LogP contribution in [-0.2, 0) is 13.0 Å². The summed E-state index contributed by atoms with van der Waals surface area (Å²) >= 11 is 0. The molecule has 2 heterocycles. The highest BCUT2D eigenvalue weighted by Gasteiger charge is 2.23. The van der Waals surface area contributed by atoms with Crippen molar-refractivity contribution in [3.8, 4) is 0 Å². The number of nitrogens with zero attached hydrogens (tertiary/aromatic N) is 2. The topological polar surface area (TPSA) is 112 Å². The quantitative estimate of drug-likeness (QED) is 0.415. The molecule has 2 aromatic carbocycles. The minimum Gasteiger partial charge on any atom is -0.344 e. The van der Waals surface area contributed by atoms with Gasteiger partial charge >= 0.3 is 11.1 Å². The second-order valence-corrected chi connectivity index (χ2v) is 6.10. The summed E-state index contributed by atoms with van der Waals surface area (Å²) in [5.74, 6) is 0. The number of fused-ring (bicyclic) bond motifs is 1. The summed E-state index contributed by atoms with van der Waals surface area (Å²) in [6.45, 7) is 0.377. The van der Waals surface area contributed by atoms with Crippen molar-refractivity contribution >= 4 is 16.7 Å². The van der Waals surface area contributed by atoms with E-state index >= 15 is 0 Å². The SMILES string of the molecule is O=c1[nH]c2cc([N+](=O)[O-])cc(CN3C=C3Cc3ccccc3)c2[nH]c1=O. The predicted octanol–water partition coefficient (Wildman–Crippen LogP) is 2.02. The van der Waals surface area contributed by atoms with Crippen LogP contribution in [0.5, 0.6) is 0 Å². The van der Waals surface area contributed by atoms with E-state index in [4.69, 9.17) is 0 Å². The molecule has 4 rings (SSSR count). The molecular weight excluding hydrogens is 336 g/mol. The van der Waals surface area contributed by atoms with Gasteiger partial charge < -0.3 is 14.9 Å². The number of aromatic nitrogens is 2. The van der Waals surface area contributed by atoms with Gasteiger partial charge in [0.1, 0.15) is 0 Å². The lowest BCUT2D eigenvalue weighted by atomic mass is 10.1. The maximum absolute atomic E-state index is 11.7. The largest absolute Gasteiger partial charge is 0.344 e. The molecule has 1 aliphatic rings. The number of H-pyrrole nitrogens is 2. The summed E-state index contributed by atoms with van der Waals surface area (Å²) < 4.78 is 0. The van der Waals surface area contributed by atoms with Crippen molar-refractivity contribution in [2.24, 2.45) is 0 Å². The fourth-order valence-electron chi connectivity index (χ4n) is 2.94. The Kier molecular flexibility index (Phi) is 3.65. The van der Waals surface area contributed by atoms with Crippen molar-refractivity contribution < 1.29 is 4.92 Å². The van der Waals surface area contributed by atoms with Gasteiger partial charge in [-0.25, -0.2) is 0 Å². The van der Waals surface area contributed by atoms with Crippen molar-refractivity contribution in [3.05, 3.63) is 96.3 Å². The second-order valence-electron chi connectivity index (χ2n) is 6.10. The first-order valence-electron chi connectivity index (χ1n) is 7.96. The lowest BCUT2D eigenvalue weighted by molar-refractivity contribution is -0.384. The lowest BCUT2D eigenvalue weighted by Crippen LogP contribution is -2.29. The van der Waals surface area contributed by atoms with Crippen LogP contribution < -0.4 is 11.1 Å². The van der Waals surface area contributed by atoms with Gasteiger partial charge in [-0.2, -0.15) is 0 Å². The minimum atomic E-state index is -0.835. The van der Waals surface area contributed by atoms with Gasteiger partial charge in [0.25, 0.3) is 5.69 Å². The van der Waals surface area contributed by atoms with Crippen LogP contribution in [0.1, 0.15) is 11.1 Å². The zero-order chi connectivity index (χ0) is 18.3. The number of nitro benzene ring substituents is 1. The smallest absolute Gasteiger partial charge is 0.314 e. The van der Waals surface area contributed by atoms with Crippen molar-refractivity contribution in [1.29, 1.82) is 0 Å². The Hall–Kier alpha value is -3.68. The highest BCUT2D eigenvalue weighted by molar-refractivity contribution is 5.80. The summed E-state index contributed by atoms with van der Waals surface area (Å²) in [5, 5.41) is 11.2. The van der Waals surface area contributed by atoms with E-state index in [1.54, 1.807) is 0 Å². The Morgan fingerprint density at radius 1 is 1.04 bits per heavy atom. The van der Waals surface area contributed by atoms with E-state index in [-0.39, 0.29) is 11.2 Å². The normalized spacial score (nSPS) is 12.9. The van der Waals surface area contributed by atoms with Crippen molar-refractivity contribution in [2.75, 3.05) is 0 Å². The molecule has 0 spiro atoms. The summed E-state index contributed by atoms with van der Waals surface area (Å²) in [5.41, 5.74) is 1.73. The van der Waals surface area contributed by atoms with Gasteiger partial charge in [-0.3, -0.25) is 19.7 Å². The molecule has 8 heteroatoms. The average molecular weight is 350 g/mol. The third kappa shape index (κ3) is 3.00. The summed E-state index contributed by atoms with van der Waals surface area (Å²) in [4.78, 5) is 40.7. The van der Waals surface area contributed by atoms with Crippen LogP contribution in [0.15, 0.2) is 64.0 Å². The van der Waals surface area contributed by atoms with Crippen LogP contribution in [0.4, 0.5) is 5.69 Å². The molecule has 0 fully saturated rings. The monoisotopic (exact) mass is 350 g/mol. The zero-order valence-corrected chi connectivity index (χ0v) is 13.6. The van der Waals surface area contributed by atoms with Crippen LogP contribution in [0.3, 0.4) is 0 Å². The summed E-state index contributed by atoms with van der Waals surface area (Å²) in [6.07, 6.45) is 2.72. The van der Waals surface area contributed by atoms with E-state index < -0.39 is 16.0 Å². The maximum atomic E-state index is 11.7. The van der Waals surface area contributed by atoms with Crippen LogP contribution in [0, 0.1) is 10.1 Å². The molecule has 1 aromatic heterocycles. The summed E-state index contributed by atoms with van der Waals surface area (Å²) in [6, 6.07) is 12.6. The van der Waals surface area contributed by atoms with E-state index in [0.717, 1.165) is 12.1 Å². The Labute approximate surface area is 146 Å². The van der Waals surface area contributed by atoms with E-state index in [1.807, 2.05) is 41.4 Å². The van der Waals surface area contributed by atoms with E-state index in [1.165, 1.54) is 17.7 Å². The van der Waals surface area contributed by atoms with Gasteiger partial charge in [-0.1, -0.05) is 30.3 Å². The molecule has 1 aliphatic heterocycles. The van der Waals surface area contributed by atoms with Crippen LogP contribution in [0.25, 0.3) is 11.0 Å². The van der Waals surface area contributed by atoms with E-state index in [9.17, 15) is 19.7 Å². The van der Waals surface area contributed by atoms with Gasteiger partial charge in [-0.05, 0) is 5.56 Å². The molecule has 0 aliphatic carbocycles. The van der Waals surface area contributed by atoms with Gasteiger partial charge in [-0.15, -0.1) is 0 Å². The number of non-ortho nitro benzene ring substituents is 1. The molecule has 0 unspecified atom stereocenters. The van der Waals surface area contributed by atoms with Crippen molar-refractivity contribution in [1.82, 2.24) is 14.9 Å². The standard InChI is InChI=1S/C18H14N4O4/c23-17-18(24)20-16-12(7-13(22(25)26)8-15(16)19-17)9-21-10-14(21)6-11-4-2-1-3-5-11/h1-5,7-8,10H,6,9H2,(H,19,23)(H,20,24). The molecule has 0 saturated heterocycles. The number of nitro groups is 1. The third-order valence-electron chi connectivity index (χ3n) is 4.28. The van der Waals surface area contributed by atoms with Crippen molar-refractivity contribution in [3.63, 3.8) is 0 Å². The molecule has 0 radical (unpaired) electrons. The highest BCUT2D eigenvalue weighted by atomic mass is 16.6. The number of hydrogen-bond donors (Lipinski definition) is 2. The molecule has 0 saturated carbocycles. The zero-order valence-electron chi connectivity index (χ0n) is 13.6. The van der Waals surface area contributed by atoms with Crippen LogP contribution >= 0.6 is 0 Å². The molecule has 26 heavy (non-hydrogen) atoms. The maximum Gasteiger partial charge on any atom is 0.314 e. The summed E-state index contributed by atoms with van der Waals surface area (Å²) in [7, 11) is 0. The molecule has 0 bridgehead atoms. The number of rotatable bonds is 5. The number of hydrogen-bond acceptors (Lipinski definition) is 5. The highest BCUT2D eigenvalue weighted by Crippen LogP contribution is 2.30. The number of allylic oxidation sites excluding steroid dienone is 1. The van der Waals surface area contributed by atoms with Crippen molar-refractivity contribution in [2.45, 2.75) is 13.0 Å². The number of aromatic amines is 2.